The summed E-state index contributed by atoms with van der Waals surface area (Å²) in [5, 5.41) is 10.00. The Hall–Kier alpha value is -3.88. The molecule has 0 saturated carbocycles. The number of nitrogens with zero attached hydrogens (tertiary/aromatic N) is 2. The number of halogens is 1. The van der Waals surface area contributed by atoms with Gasteiger partial charge in [-0.15, -0.1) is 0 Å². The van der Waals surface area contributed by atoms with Crippen molar-refractivity contribution in [3.63, 3.8) is 0 Å². The summed E-state index contributed by atoms with van der Waals surface area (Å²) in [6, 6.07) is 11.4. The number of nitrogens with one attached hydrogen (secondary N) is 2. The molecule has 5 rings (SSSR count). The second kappa shape index (κ2) is 8.33. The summed E-state index contributed by atoms with van der Waals surface area (Å²) < 4.78 is 23.8. The first-order valence-corrected chi connectivity index (χ1v) is 10.3. The number of aromatic nitrogens is 2. The molecule has 8 nitrogen and oxygen atoms in total. The molecule has 2 amide bonds. The second-order valence-electron chi connectivity index (χ2n) is 7.77. The summed E-state index contributed by atoms with van der Waals surface area (Å²) in [5.41, 5.74) is 3.51. The van der Waals surface area contributed by atoms with Gasteiger partial charge in [-0.05, 0) is 35.4 Å². The Balaban J connectivity index is 1.24. The lowest BCUT2D eigenvalue weighted by Crippen LogP contribution is -2.37. The van der Waals surface area contributed by atoms with E-state index in [0.717, 1.165) is 22.4 Å². The number of fused-ring (bicyclic) bond motifs is 2. The van der Waals surface area contributed by atoms with E-state index in [4.69, 9.17) is 9.47 Å². The molecule has 0 fully saturated rings. The lowest BCUT2D eigenvalue weighted by Gasteiger charge is -2.27. The summed E-state index contributed by atoms with van der Waals surface area (Å²) in [7, 11) is 0. The van der Waals surface area contributed by atoms with Gasteiger partial charge in [0.25, 0.3) is 5.91 Å². The third-order valence-corrected chi connectivity index (χ3v) is 5.66. The quantitative estimate of drug-likeness (QED) is 0.640. The van der Waals surface area contributed by atoms with Gasteiger partial charge < -0.3 is 19.7 Å². The molecule has 2 aromatic carbocycles. The first-order valence-electron chi connectivity index (χ1n) is 10.3. The van der Waals surface area contributed by atoms with Crippen molar-refractivity contribution in [2.24, 2.45) is 0 Å². The topological polar surface area (TPSA) is 96.6 Å². The lowest BCUT2D eigenvalue weighted by atomic mass is 10.0. The maximum absolute atomic E-state index is 13.1. The SMILES string of the molecule is O=C(NCc1ccc2c(c1)OCO2)c1n[nH]c2c1CN(C(=O)Cc1ccc(F)cc1)CC2. The van der Waals surface area contributed by atoms with Gasteiger partial charge >= 0.3 is 0 Å². The molecule has 2 aliphatic heterocycles. The zero-order valence-corrected chi connectivity index (χ0v) is 17.2. The van der Waals surface area contributed by atoms with E-state index in [9.17, 15) is 14.0 Å². The van der Waals surface area contributed by atoms with E-state index in [1.165, 1.54) is 12.1 Å². The van der Waals surface area contributed by atoms with Crippen LogP contribution in [-0.4, -0.2) is 40.2 Å². The van der Waals surface area contributed by atoms with Gasteiger partial charge in [-0.25, -0.2) is 4.39 Å². The number of carbonyl (C=O) groups is 2. The molecule has 0 unspecified atom stereocenters. The van der Waals surface area contributed by atoms with Gasteiger partial charge in [0.15, 0.2) is 17.2 Å². The normalized spacial score (nSPS) is 14.2. The van der Waals surface area contributed by atoms with Gasteiger partial charge in [0.1, 0.15) is 5.82 Å². The van der Waals surface area contributed by atoms with E-state index in [2.05, 4.69) is 15.5 Å². The van der Waals surface area contributed by atoms with Crippen molar-refractivity contribution in [1.82, 2.24) is 20.4 Å². The Bertz CT molecular complexity index is 1180. The van der Waals surface area contributed by atoms with Crippen LogP contribution in [0.15, 0.2) is 42.5 Å². The smallest absolute Gasteiger partial charge is 0.272 e. The van der Waals surface area contributed by atoms with Crippen LogP contribution < -0.4 is 14.8 Å². The van der Waals surface area contributed by atoms with Gasteiger partial charge in [0.05, 0.1) is 6.42 Å². The molecule has 0 saturated heterocycles. The summed E-state index contributed by atoms with van der Waals surface area (Å²) in [6.07, 6.45) is 0.770. The highest BCUT2D eigenvalue weighted by Crippen LogP contribution is 2.32. The molecule has 164 valence electrons. The minimum atomic E-state index is -0.335. The van der Waals surface area contributed by atoms with E-state index in [1.807, 2.05) is 18.2 Å². The predicted octanol–water partition coefficient (Wildman–Crippen LogP) is 2.33. The van der Waals surface area contributed by atoms with Crippen molar-refractivity contribution in [3.05, 3.63) is 76.4 Å². The molecule has 2 N–H and O–H groups in total. The van der Waals surface area contributed by atoms with Gasteiger partial charge in [-0.2, -0.15) is 5.10 Å². The molecule has 0 aliphatic carbocycles. The molecule has 3 heterocycles. The summed E-state index contributed by atoms with van der Waals surface area (Å²) in [6.45, 7) is 1.34. The Morgan fingerprint density at radius 3 is 2.72 bits per heavy atom. The minimum Gasteiger partial charge on any atom is -0.454 e. The van der Waals surface area contributed by atoms with Crippen LogP contribution in [0.5, 0.6) is 11.5 Å². The Morgan fingerprint density at radius 1 is 1.09 bits per heavy atom. The maximum Gasteiger partial charge on any atom is 0.272 e. The standard InChI is InChI=1S/C23H21FN4O4/c24-16-4-1-14(2-5-16)10-21(29)28-8-7-18-17(12-28)22(27-26-18)23(30)25-11-15-3-6-19-20(9-15)32-13-31-19/h1-6,9H,7-8,10-13H2,(H,25,30)(H,26,27). The lowest BCUT2D eigenvalue weighted by molar-refractivity contribution is -0.131. The fourth-order valence-electron chi connectivity index (χ4n) is 3.90. The maximum atomic E-state index is 13.1. The first kappa shape index (κ1) is 20.0. The first-order chi connectivity index (χ1) is 15.6. The Labute approximate surface area is 183 Å². The summed E-state index contributed by atoms with van der Waals surface area (Å²) in [5.74, 6) is 0.623. The van der Waals surface area contributed by atoms with Crippen LogP contribution in [0.25, 0.3) is 0 Å². The number of benzene rings is 2. The molecule has 0 spiro atoms. The van der Waals surface area contributed by atoms with Crippen LogP contribution in [0.1, 0.15) is 32.9 Å². The van der Waals surface area contributed by atoms with Crippen LogP contribution in [0, 0.1) is 5.82 Å². The number of H-pyrrole nitrogens is 1. The number of hydrogen-bond acceptors (Lipinski definition) is 5. The molecule has 1 aromatic heterocycles. The number of hydrogen-bond donors (Lipinski definition) is 2. The molecule has 0 radical (unpaired) electrons. The number of amides is 2. The second-order valence-corrected chi connectivity index (χ2v) is 7.77. The van der Waals surface area contributed by atoms with Crippen molar-refractivity contribution < 1.29 is 23.5 Å². The molecule has 0 atom stereocenters. The van der Waals surface area contributed by atoms with Crippen LogP contribution in [0.2, 0.25) is 0 Å². The number of carbonyl (C=O) groups excluding carboxylic acids is 2. The fourth-order valence-corrected chi connectivity index (χ4v) is 3.90. The third-order valence-electron chi connectivity index (χ3n) is 5.66. The predicted molar refractivity (Wildman–Crippen MR) is 112 cm³/mol. The summed E-state index contributed by atoms with van der Waals surface area (Å²) >= 11 is 0. The highest BCUT2D eigenvalue weighted by atomic mass is 19.1. The van der Waals surface area contributed by atoms with Crippen LogP contribution >= 0.6 is 0 Å². The van der Waals surface area contributed by atoms with Crippen LogP contribution in [0.3, 0.4) is 0 Å². The van der Waals surface area contributed by atoms with E-state index in [1.54, 1.807) is 17.0 Å². The average Bonchev–Trinajstić information content (AvgIpc) is 3.45. The van der Waals surface area contributed by atoms with E-state index < -0.39 is 0 Å². The molecular weight excluding hydrogens is 415 g/mol. The zero-order chi connectivity index (χ0) is 22.1. The van der Waals surface area contributed by atoms with Crippen LogP contribution in [-0.2, 0) is 30.7 Å². The number of ether oxygens (including phenoxy) is 2. The highest BCUT2D eigenvalue weighted by molar-refractivity contribution is 5.94. The van der Waals surface area contributed by atoms with E-state index in [0.29, 0.717) is 43.2 Å². The monoisotopic (exact) mass is 436 g/mol. The molecule has 32 heavy (non-hydrogen) atoms. The number of aromatic amines is 1. The van der Waals surface area contributed by atoms with Gasteiger partial charge in [0, 0.05) is 37.3 Å². The van der Waals surface area contributed by atoms with Gasteiger partial charge in [-0.1, -0.05) is 18.2 Å². The van der Waals surface area contributed by atoms with Crippen molar-refractivity contribution in [3.8, 4) is 11.5 Å². The van der Waals surface area contributed by atoms with E-state index in [-0.39, 0.29) is 30.8 Å². The van der Waals surface area contributed by atoms with E-state index >= 15 is 0 Å². The molecule has 2 aliphatic rings. The third kappa shape index (κ3) is 4.01. The van der Waals surface area contributed by atoms with Crippen molar-refractivity contribution >= 4 is 11.8 Å². The molecule has 3 aromatic rings. The Kier molecular flexibility index (Phi) is 5.22. The Morgan fingerprint density at radius 2 is 1.88 bits per heavy atom. The average molecular weight is 436 g/mol. The van der Waals surface area contributed by atoms with Crippen LogP contribution in [0.4, 0.5) is 4.39 Å². The van der Waals surface area contributed by atoms with Gasteiger partial charge in [0.2, 0.25) is 12.7 Å². The fraction of sp³-hybridized carbons (Fsp3) is 0.261. The van der Waals surface area contributed by atoms with Crippen molar-refractivity contribution in [2.45, 2.75) is 25.9 Å². The van der Waals surface area contributed by atoms with Gasteiger partial charge in [-0.3, -0.25) is 14.7 Å². The largest absolute Gasteiger partial charge is 0.454 e. The minimum absolute atomic E-state index is 0.0739. The molecular formula is C23H21FN4O4. The summed E-state index contributed by atoms with van der Waals surface area (Å²) in [4.78, 5) is 27.2. The number of rotatable bonds is 5. The zero-order valence-electron chi connectivity index (χ0n) is 17.2. The molecule has 9 heteroatoms. The highest BCUT2D eigenvalue weighted by Gasteiger charge is 2.28. The van der Waals surface area contributed by atoms with Crippen molar-refractivity contribution in [1.29, 1.82) is 0 Å². The molecule has 0 bridgehead atoms. The van der Waals surface area contributed by atoms with Crippen molar-refractivity contribution in [2.75, 3.05) is 13.3 Å².